The SMILES string of the molecule is O[C@H](COC[C@@H]1C[C@H]2CC[C@H]1C2)CN1CCN(c2ccccc2)CC1. The van der Waals surface area contributed by atoms with Crippen molar-refractivity contribution in [3.63, 3.8) is 0 Å². The van der Waals surface area contributed by atoms with E-state index in [1.54, 1.807) is 0 Å². The first-order chi connectivity index (χ1) is 12.3. The number of ether oxygens (including phenoxy) is 1. The predicted molar refractivity (Wildman–Crippen MR) is 101 cm³/mol. The van der Waals surface area contributed by atoms with Crippen molar-refractivity contribution in [1.29, 1.82) is 0 Å². The van der Waals surface area contributed by atoms with E-state index in [9.17, 15) is 5.11 Å². The lowest BCUT2D eigenvalue weighted by atomic mass is 9.90. The summed E-state index contributed by atoms with van der Waals surface area (Å²) in [6.07, 6.45) is 5.29. The summed E-state index contributed by atoms with van der Waals surface area (Å²) in [4.78, 5) is 4.79. The minimum atomic E-state index is -0.359. The van der Waals surface area contributed by atoms with Crippen molar-refractivity contribution in [2.45, 2.75) is 31.8 Å². The molecular weight excluding hydrogens is 312 g/mol. The summed E-state index contributed by atoms with van der Waals surface area (Å²) in [6.45, 7) is 6.17. The standard InChI is InChI=1S/C21H32N2O2/c24-21(16-25-15-19-13-17-6-7-18(19)12-17)14-22-8-10-23(11-9-22)20-4-2-1-3-5-20/h1-5,17-19,21,24H,6-16H2/t17-,18-,19-,21-/m0/s1. The minimum Gasteiger partial charge on any atom is -0.389 e. The molecule has 0 aromatic heterocycles. The number of hydrogen-bond donors (Lipinski definition) is 1. The second-order valence-electron chi connectivity index (χ2n) is 8.25. The van der Waals surface area contributed by atoms with Crippen LogP contribution >= 0.6 is 0 Å². The third-order valence-corrected chi connectivity index (χ3v) is 6.49. The summed E-state index contributed by atoms with van der Waals surface area (Å²) in [5.74, 6) is 2.65. The van der Waals surface area contributed by atoms with Gasteiger partial charge in [-0.15, -0.1) is 0 Å². The van der Waals surface area contributed by atoms with Crippen LogP contribution in [0, 0.1) is 17.8 Å². The molecule has 3 fully saturated rings. The highest BCUT2D eigenvalue weighted by Crippen LogP contribution is 2.48. The van der Waals surface area contributed by atoms with E-state index in [-0.39, 0.29) is 6.10 Å². The number of aliphatic hydroxyl groups excluding tert-OH is 1. The lowest BCUT2D eigenvalue weighted by molar-refractivity contribution is -0.00274. The maximum atomic E-state index is 10.3. The lowest BCUT2D eigenvalue weighted by Gasteiger charge is -2.36. The fourth-order valence-electron chi connectivity index (χ4n) is 5.11. The number of nitrogens with zero attached hydrogens (tertiary/aromatic N) is 2. The smallest absolute Gasteiger partial charge is 0.0900 e. The number of aliphatic hydroxyl groups is 1. The van der Waals surface area contributed by atoms with Crippen LogP contribution in [0.2, 0.25) is 0 Å². The maximum absolute atomic E-state index is 10.3. The van der Waals surface area contributed by atoms with Crippen molar-refractivity contribution in [3.05, 3.63) is 30.3 Å². The molecule has 3 aliphatic rings. The van der Waals surface area contributed by atoms with Gasteiger partial charge in [-0.3, -0.25) is 4.90 Å². The number of para-hydroxylation sites is 1. The highest BCUT2D eigenvalue weighted by molar-refractivity contribution is 5.46. The van der Waals surface area contributed by atoms with Crippen LogP contribution in [0.4, 0.5) is 5.69 Å². The molecule has 0 spiro atoms. The highest BCUT2D eigenvalue weighted by Gasteiger charge is 2.39. The molecule has 1 aromatic rings. The quantitative estimate of drug-likeness (QED) is 0.825. The number of benzene rings is 1. The van der Waals surface area contributed by atoms with Crippen molar-refractivity contribution in [3.8, 4) is 0 Å². The average molecular weight is 344 g/mol. The predicted octanol–water partition coefficient (Wildman–Crippen LogP) is 2.62. The Kier molecular flexibility index (Phi) is 5.59. The van der Waals surface area contributed by atoms with Crippen molar-refractivity contribution >= 4 is 5.69 Å². The van der Waals surface area contributed by atoms with Gasteiger partial charge in [-0.05, 0) is 49.1 Å². The molecule has 0 unspecified atom stereocenters. The molecule has 4 nitrogen and oxygen atoms in total. The molecule has 25 heavy (non-hydrogen) atoms. The van der Waals surface area contributed by atoms with Gasteiger partial charge in [-0.2, -0.15) is 0 Å². The van der Waals surface area contributed by atoms with Gasteiger partial charge in [0.25, 0.3) is 0 Å². The van der Waals surface area contributed by atoms with Gasteiger partial charge in [0.2, 0.25) is 0 Å². The summed E-state index contributed by atoms with van der Waals surface area (Å²) >= 11 is 0. The van der Waals surface area contributed by atoms with Crippen LogP contribution in [0.1, 0.15) is 25.7 Å². The van der Waals surface area contributed by atoms with Gasteiger partial charge < -0.3 is 14.7 Å². The summed E-state index contributed by atoms with van der Waals surface area (Å²) in [5, 5.41) is 10.3. The monoisotopic (exact) mass is 344 g/mol. The number of fused-ring (bicyclic) bond motifs is 2. The van der Waals surface area contributed by atoms with Crippen LogP contribution in [0.3, 0.4) is 0 Å². The van der Waals surface area contributed by atoms with E-state index >= 15 is 0 Å². The number of β-amino-alcohol motifs (C(OH)–C–C–N with tert-alkyl or cyclic N) is 1. The van der Waals surface area contributed by atoms with Crippen molar-refractivity contribution in [2.75, 3.05) is 50.8 Å². The van der Waals surface area contributed by atoms with Crippen LogP contribution in [0.5, 0.6) is 0 Å². The Hall–Kier alpha value is -1.10. The summed E-state index contributed by atoms with van der Waals surface area (Å²) in [5.41, 5.74) is 1.30. The Labute approximate surface area is 151 Å². The Bertz CT molecular complexity index is 530. The molecule has 1 aromatic carbocycles. The molecule has 1 heterocycles. The topological polar surface area (TPSA) is 35.9 Å². The van der Waals surface area contributed by atoms with E-state index in [0.29, 0.717) is 6.61 Å². The first kappa shape index (κ1) is 17.3. The van der Waals surface area contributed by atoms with E-state index in [1.807, 2.05) is 0 Å². The zero-order valence-corrected chi connectivity index (χ0v) is 15.2. The molecule has 4 atom stereocenters. The van der Waals surface area contributed by atoms with E-state index in [2.05, 4.69) is 40.1 Å². The van der Waals surface area contributed by atoms with Crippen LogP contribution in [-0.4, -0.2) is 62.0 Å². The number of hydrogen-bond acceptors (Lipinski definition) is 4. The first-order valence-electron chi connectivity index (χ1n) is 10.1. The van der Waals surface area contributed by atoms with Gasteiger partial charge in [0.15, 0.2) is 0 Å². The highest BCUT2D eigenvalue weighted by atomic mass is 16.5. The Morgan fingerprint density at radius 1 is 1.04 bits per heavy atom. The van der Waals surface area contributed by atoms with Crippen LogP contribution in [0.15, 0.2) is 30.3 Å². The minimum absolute atomic E-state index is 0.359. The number of rotatable bonds is 7. The fraction of sp³-hybridized carbons (Fsp3) is 0.714. The van der Waals surface area contributed by atoms with Gasteiger partial charge in [0.1, 0.15) is 0 Å². The molecule has 2 bridgehead atoms. The van der Waals surface area contributed by atoms with E-state index in [0.717, 1.165) is 57.1 Å². The lowest BCUT2D eigenvalue weighted by Crippen LogP contribution is -2.49. The van der Waals surface area contributed by atoms with E-state index < -0.39 is 0 Å². The molecule has 0 radical (unpaired) electrons. The fourth-order valence-corrected chi connectivity index (χ4v) is 5.11. The normalized spacial score (nSPS) is 30.8. The summed E-state index contributed by atoms with van der Waals surface area (Å²) < 4.78 is 5.88. The number of anilines is 1. The molecule has 2 saturated carbocycles. The van der Waals surface area contributed by atoms with Gasteiger partial charge in [0, 0.05) is 45.0 Å². The Morgan fingerprint density at radius 2 is 1.84 bits per heavy atom. The summed E-state index contributed by atoms with van der Waals surface area (Å²) in [7, 11) is 0. The van der Waals surface area contributed by atoms with Crippen LogP contribution < -0.4 is 4.90 Å². The van der Waals surface area contributed by atoms with Gasteiger partial charge in [0.05, 0.1) is 12.7 Å². The molecule has 138 valence electrons. The van der Waals surface area contributed by atoms with E-state index in [4.69, 9.17) is 4.74 Å². The maximum Gasteiger partial charge on any atom is 0.0900 e. The molecule has 1 N–H and O–H groups in total. The molecule has 0 amide bonds. The van der Waals surface area contributed by atoms with Gasteiger partial charge in [-0.1, -0.05) is 24.6 Å². The largest absolute Gasteiger partial charge is 0.389 e. The van der Waals surface area contributed by atoms with Crippen molar-refractivity contribution in [2.24, 2.45) is 17.8 Å². The average Bonchev–Trinajstić information content (AvgIpc) is 3.26. The Balaban J connectivity index is 1.13. The molecule has 4 heteroatoms. The zero-order valence-electron chi connectivity index (χ0n) is 15.2. The van der Waals surface area contributed by atoms with Crippen LogP contribution in [-0.2, 0) is 4.74 Å². The molecule has 1 saturated heterocycles. The first-order valence-corrected chi connectivity index (χ1v) is 10.1. The number of piperazine rings is 1. The van der Waals surface area contributed by atoms with Gasteiger partial charge >= 0.3 is 0 Å². The van der Waals surface area contributed by atoms with E-state index in [1.165, 1.54) is 31.4 Å². The summed E-state index contributed by atoms with van der Waals surface area (Å²) in [6, 6.07) is 10.6. The molecule has 2 aliphatic carbocycles. The second kappa shape index (κ2) is 8.07. The van der Waals surface area contributed by atoms with Crippen molar-refractivity contribution in [1.82, 2.24) is 4.90 Å². The molecule has 1 aliphatic heterocycles. The second-order valence-corrected chi connectivity index (χ2v) is 8.25. The van der Waals surface area contributed by atoms with Crippen LogP contribution in [0.25, 0.3) is 0 Å². The van der Waals surface area contributed by atoms with Gasteiger partial charge in [-0.25, -0.2) is 0 Å². The third-order valence-electron chi connectivity index (χ3n) is 6.49. The molecule has 4 rings (SSSR count). The third kappa shape index (κ3) is 4.36. The Morgan fingerprint density at radius 3 is 2.52 bits per heavy atom. The van der Waals surface area contributed by atoms with Crippen molar-refractivity contribution < 1.29 is 9.84 Å². The zero-order chi connectivity index (χ0) is 17.1. The molecular formula is C21H32N2O2.